The van der Waals surface area contributed by atoms with Gasteiger partial charge in [0.2, 0.25) is 10.0 Å². The Hall–Kier alpha value is -1.97. The number of hydrogen-bond donors (Lipinski definition) is 2. The number of nitrogens with two attached hydrogens (primary N) is 1. The summed E-state index contributed by atoms with van der Waals surface area (Å²) >= 11 is 1.44. The summed E-state index contributed by atoms with van der Waals surface area (Å²) < 4.78 is 27.0. The first-order valence-corrected chi connectivity index (χ1v) is 8.27. The zero-order valence-corrected chi connectivity index (χ0v) is 12.6. The molecule has 2 aromatic rings. The van der Waals surface area contributed by atoms with E-state index in [1.54, 1.807) is 6.92 Å². The molecule has 0 aliphatic carbocycles. The fraction of sp³-hybridized carbons (Fsp3) is 0.167. The van der Waals surface area contributed by atoms with Crippen LogP contribution in [0.5, 0.6) is 0 Å². The molecule has 0 saturated heterocycles. The van der Waals surface area contributed by atoms with Crippen molar-refractivity contribution < 1.29 is 13.3 Å². The van der Waals surface area contributed by atoms with Crippen LogP contribution in [-0.4, -0.2) is 13.3 Å². The maximum Gasteiger partial charge on any atom is 0.292 e. The maximum atomic E-state index is 12.2. The standard InChI is InChI=1S/C12H13N3O4S2/c1-8(12-3-2-6-20-12)14-21(18,19)9-4-5-11(15(16)17)10(13)7-9/h2-8,14H,13H2,1H3. The van der Waals surface area contributed by atoms with Crippen molar-refractivity contribution in [2.24, 2.45) is 0 Å². The third kappa shape index (κ3) is 3.38. The lowest BCUT2D eigenvalue weighted by molar-refractivity contribution is -0.383. The SMILES string of the molecule is CC(NS(=O)(=O)c1ccc([N+](=O)[O-])c(N)c1)c1cccs1. The number of sulfonamides is 1. The molecule has 21 heavy (non-hydrogen) atoms. The van der Waals surface area contributed by atoms with Gasteiger partial charge in [0.1, 0.15) is 5.69 Å². The molecule has 1 aromatic carbocycles. The van der Waals surface area contributed by atoms with E-state index in [0.29, 0.717) is 0 Å². The average molecular weight is 327 g/mol. The fourth-order valence-electron chi connectivity index (χ4n) is 1.76. The van der Waals surface area contributed by atoms with Crippen molar-refractivity contribution in [1.29, 1.82) is 0 Å². The van der Waals surface area contributed by atoms with E-state index in [9.17, 15) is 18.5 Å². The minimum Gasteiger partial charge on any atom is -0.393 e. The molecule has 2 rings (SSSR count). The number of hydrogen-bond acceptors (Lipinski definition) is 6. The molecule has 0 saturated carbocycles. The van der Waals surface area contributed by atoms with Crippen molar-refractivity contribution in [2.75, 3.05) is 5.73 Å². The summed E-state index contributed by atoms with van der Waals surface area (Å²) in [5.74, 6) is 0. The van der Waals surface area contributed by atoms with Gasteiger partial charge in [-0.2, -0.15) is 0 Å². The Morgan fingerprint density at radius 3 is 2.62 bits per heavy atom. The average Bonchev–Trinajstić information content (AvgIpc) is 2.91. The van der Waals surface area contributed by atoms with Crippen LogP contribution in [0.3, 0.4) is 0 Å². The van der Waals surface area contributed by atoms with E-state index in [1.165, 1.54) is 11.3 Å². The number of nitro benzene ring substituents is 1. The fourth-order valence-corrected chi connectivity index (χ4v) is 3.83. The Labute approximate surface area is 125 Å². The molecule has 112 valence electrons. The highest BCUT2D eigenvalue weighted by Gasteiger charge is 2.21. The van der Waals surface area contributed by atoms with Crippen molar-refractivity contribution in [1.82, 2.24) is 4.72 Å². The van der Waals surface area contributed by atoms with Gasteiger partial charge in [0, 0.05) is 10.9 Å². The van der Waals surface area contributed by atoms with Crippen LogP contribution in [0.25, 0.3) is 0 Å². The smallest absolute Gasteiger partial charge is 0.292 e. The summed E-state index contributed by atoms with van der Waals surface area (Å²) in [6.45, 7) is 1.72. The molecule has 0 radical (unpaired) electrons. The van der Waals surface area contributed by atoms with Gasteiger partial charge >= 0.3 is 0 Å². The van der Waals surface area contributed by atoms with E-state index >= 15 is 0 Å². The van der Waals surface area contributed by atoms with Gasteiger partial charge in [-0.15, -0.1) is 11.3 Å². The lowest BCUT2D eigenvalue weighted by Crippen LogP contribution is -2.26. The van der Waals surface area contributed by atoms with Gasteiger partial charge < -0.3 is 5.73 Å². The van der Waals surface area contributed by atoms with E-state index in [-0.39, 0.29) is 16.3 Å². The molecule has 0 fully saturated rings. The molecule has 1 heterocycles. The molecule has 0 spiro atoms. The van der Waals surface area contributed by atoms with Crippen molar-refractivity contribution >= 4 is 32.7 Å². The zero-order valence-electron chi connectivity index (χ0n) is 11.0. The molecular weight excluding hydrogens is 314 g/mol. The summed E-state index contributed by atoms with van der Waals surface area (Å²) in [5.41, 5.74) is 5.01. The number of rotatable bonds is 5. The number of nitrogen functional groups attached to an aromatic ring is 1. The predicted molar refractivity (Wildman–Crippen MR) is 80.6 cm³/mol. The lowest BCUT2D eigenvalue weighted by atomic mass is 10.3. The van der Waals surface area contributed by atoms with E-state index in [1.807, 2.05) is 17.5 Å². The molecule has 0 amide bonds. The second kappa shape index (κ2) is 5.80. The van der Waals surface area contributed by atoms with Gasteiger partial charge in [-0.05, 0) is 30.5 Å². The molecule has 9 heteroatoms. The Kier molecular flexibility index (Phi) is 4.26. The van der Waals surface area contributed by atoms with E-state index in [2.05, 4.69) is 4.72 Å². The number of nitrogens with one attached hydrogen (secondary N) is 1. The molecule has 0 bridgehead atoms. The zero-order chi connectivity index (χ0) is 15.6. The minimum absolute atomic E-state index is 0.103. The molecule has 7 nitrogen and oxygen atoms in total. The summed E-state index contributed by atoms with van der Waals surface area (Å²) in [7, 11) is -3.80. The van der Waals surface area contributed by atoms with Crippen LogP contribution in [-0.2, 0) is 10.0 Å². The highest BCUT2D eigenvalue weighted by Crippen LogP contribution is 2.26. The topological polar surface area (TPSA) is 115 Å². The number of nitro groups is 1. The van der Waals surface area contributed by atoms with E-state index in [4.69, 9.17) is 5.73 Å². The molecule has 3 N–H and O–H groups in total. The number of nitrogens with zero attached hydrogens (tertiary/aromatic N) is 1. The van der Waals surface area contributed by atoms with Crippen LogP contribution < -0.4 is 10.5 Å². The van der Waals surface area contributed by atoms with E-state index < -0.39 is 21.0 Å². The van der Waals surface area contributed by atoms with Gasteiger partial charge in [-0.1, -0.05) is 6.07 Å². The number of anilines is 1. The minimum atomic E-state index is -3.80. The largest absolute Gasteiger partial charge is 0.393 e. The quantitative estimate of drug-likeness (QED) is 0.496. The van der Waals surface area contributed by atoms with Crippen LogP contribution in [0, 0.1) is 10.1 Å². The summed E-state index contributed by atoms with van der Waals surface area (Å²) in [6, 6.07) is 6.59. The Morgan fingerprint density at radius 2 is 2.10 bits per heavy atom. The Balaban J connectivity index is 2.28. The summed E-state index contributed by atoms with van der Waals surface area (Å²) in [5, 5.41) is 12.5. The van der Waals surface area contributed by atoms with Crippen LogP contribution in [0.1, 0.15) is 17.8 Å². The Bertz CT molecular complexity index is 757. The van der Waals surface area contributed by atoms with Gasteiger partial charge in [0.15, 0.2) is 0 Å². The first kappa shape index (κ1) is 15.4. The first-order valence-electron chi connectivity index (χ1n) is 5.91. The van der Waals surface area contributed by atoms with Gasteiger partial charge in [-0.3, -0.25) is 10.1 Å². The summed E-state index contributed by atoms with van der Waals surface area (Å²) in [4.78, 5) is 10.8. The third-order valence-electron chi connectivity index (χ3n) is 2.81. The molecular formula is C12H13N3O4S2. The van der Waals surface area contributed by atoms with Gasteiger partial charge in [-0.25, -0.2) is 13.1 Å². The van der Waals surface area contributed by atoms with Crippen LogP contribution in [0.4, 0.5) is 11.4 Å². The van der Waals surface area contributed by atoms with E-state index in [0.717, 1.165) is 23.1 Å². The second-order valence-electron chi connectivity index (χ2n) is 4.34. The second-order valence-corrected chi connectivity index (χ2v) is 7.03. The van der Waals surface area contributed by atoms with Gasteiger partial charge in [0.05, 0.1) is 15.9 Å². The molecule has 1 atom stereocenters. The molecule has 0 aliphatic rings. The first-order chi connectivity index (χ1) is 9.81. The van der Waals surface area contributed by atoms with Crippen LogP contribution in [0.2, 0.25) is 0 Å². The van der Waals surface area contributed by atoms with Crippen molar-refractivity contribution in [2.45, 2.75) is 17.9 Å². The molecule has 1 unspecified atom stereocenters. The van der Waals surface area contributed by atoms with Crippen LogP contribution >= 0.6 is 11.3 Å². The maximum absolute atomic E-state index is 12.2. The van der Waals surface area contributed by atoms with Crippen molar-refractivity contribution in [3.8, 4) is 0 Å². The molecule has 1 aromatic heterocycles. The van der Waals surface area contributed by atoms with Crippen molar-refractivity contribution in [3.63, 3.8) is 0 Å². The highest BCUT2D eigenvalue weighted by atomic mass is 32.2. The van der Waals surface area contributed by atoms with Crippen LogP contribution in [0.15, 0.2) is 40.6 Å². The monoisotopic (exact) mass is 327 g/mol. The highest BCUT2D eigenvalue weighted by molar-refractivity contribution is 7.89. The lowest BCUT2D eigenvalue weighted by Gasteiger charge is -2.13. The predicted octanol–water partition coefficient (Wildman–Crippen LogP) is 2.28. The number of thiophene rings is 1. The number of benzene rings is 1. The molecule has 0 aliphatic heterocycles. The summed E-state index contributed by atoms with van der Waals surface area (Å²) in [6.07, 6.45) is 0. The Morgan fingerprint density at radius 1 is 1.38 bits per heavy atom. The normalized spacial score (nSPS) is 13.0. The van der Waals surface area contributed by atoms with Gasteiger partial charge in [0.25, 0.3) is 5.69 Å². The van der Waals surface area contributed by atoms with Crippen molar-refractivity contribution in [3.05, 3.63) is 50.7 Å². The third-order valence-corrected chi connectivity index (χ3v) is 5.40.